The summed E-state index contributed by atoms with van der Waals surface area (Å²) in [7, 11) is 3.02. The van der Waals surface area contributed by atoms with Crippen molar-refractivity contribution in [1.82, 2.24) is 14.7 Å². The largest absolute Gasteiger partial charge is 0.454 e. The fourth-order valence-corrected chi connectivity index (χ4v) is 1.01. The zero-order valence-corrected chi connectivity index (χ0v) is 9.15. The van der Waals surface area contributed by atoms with E-state index in [1.807, 2.05) is 0 Å². The van der Waals surface area contributed by atoms with Crippen molar-refractivity contribution in [3.05, 3.63) is 18.0 Å². The van der Waals surface area contributed by atoms with Gasteiger partial charge in [0.2, 0.25) is 5.91 Å². The van der Waals surface area contributed by atoms with Gasteiger partial charge in [-0.15, -0.1) is 0 Å². The molecule has 17 heavy (non-hydrogen) atoms. The number of carbonyl (C=O) groups excluding carboxylic acids is 2. The zero-order valence-electron chi connectivity index (χ0n) is 9.15. The molecule has 94 valence electrons. The van der Waals surface area contributed by atoms with Gasteiger partial charge in [0.05, 0.1) is 11.8 Å². The number of aromatic nitrogens is 2. The third-order valence-electron chi connectivity index (χ3n) is 1.95. The fraction of sp³-hybridized carbons (Fsp3) is 0.444. The molecule has 8 heteroatoms. The lowest BCUT2D eigenvalue weighted by molar-refractivity contribution is -0.129. The van der Waals surface area contributed by atoms with Crippen LogP contribution in [0.15, 0.2) is 12.4 Å². The monoisotopic (exact) mass is 249 g/mol. The molecule has 1 aromatic heterocycles. The third-order valence-corrected chi connectivity index (χ3v) is 1.95. The van der Waals surface area contributed by atoms with Gasteiger partial charge >= 0.3 is 6.18 Å². The smallest absolute Gasteiger partial charge is 0.347 e. The first kappa shape index (κ1) is 13.2. The van der Waals surface area contributed by atoms with E-state index in [-0.39, 0.29) is 12.5 Å². The molecule has 1 rings (SSSR count). The summed E-state index contributed by atoms with van der Waals surface area (Å²) in [4.78, 5) is 23.3. The molecule has 0 unspecified atom stereocenters. The zero-order chi connectivity index (χ0) is 13.2. The number of hydrogen-bond acceptors (Lipinski definition) is 3. The maximum atomic E-state index is 12.1. The number of Topliss-reactive ketones (excluding diaryl/α,β-unsaturated/α-hetero) is 1. The molecule has 1 aromatic rings. The minimum absolute atomic E-state index is 0.210. The summed E-state index contributed by atoms with van der Waals surface area (Å²) in [5.74, 6) is -2.31. The van der Waals surface area contributed by atoms with Crippen molar-refractivity contribution in [2.24, 2.45) is 0 Å². The lowest BCUT2D eigenvalue weighted by Crippen LogP contribution is -2.26. The first-order valence-electron chi connectivity index (χ1n) is 4.56. The highest BCUT2D eigenvalue weighted by molar-refractivity contribution is 5.99. The average molecular weight is 249 g/mol. The maximum absolute atomic E-state index is 12.1. The van der Waals surface area contributed by atoms with Crippen molar-refractivity contribution in [3.8, 4) is 0 Å². The first-order chi connectivity index (χ1) is 7.71. The van der Waals surface area contributed by atoms with Crippen molar-refractivity contribution < 1.29 is 22.8 Å². The number of amides is 1. The van der Waals surface area contributed by atoms with Crippen LogP contribution in [0.1, 0.15) is 10.4 Å². The Hall–Kier alpha value is -1.86. The summed E-state index contributed by atoms with van der Waals surface area (Å²) >= 11 is 0. The van der Waals surface area contributed by atoms with Crippen LogP contribution >= 0.6 is 0 Å². The summed E-state index contributed by atoms with van der Waals surface area (Å²) in [5, 5.41) is 3.52. The molecule has 0 spiro atoms. The van der Waals surface area contributed by atoms with Crippen LogP contribution in [0, 0.1) is 0 Å². The summed E-state index contributed by atoms with van der Waals surface area (Å²) in [5.41, 5.74) is -0.580. The van der Waals surface area contributed by atoms with Crippen LogP contribution < -0.4 is 0 Å². The molecule has 0 saturated heterocycles. The van der Waals surface area contributed by atoms with Crippen LogP contribution in [0.4, 0.5) is 13.2 Å². The van der Waals surface area contributed by atoms with E-state index in [1.165, 1.54) is 19.0 Å². The van der Waals surface area contributed by atoms with Crippen LogP contribution in [0.2, 0.25) is 0 Å². The van der Waals surface area contributed by atoms with Gasteiger partial charge < -0.3 is 4.90 Å². The highest BCUT2D eigenvalue weighted by Crippen LogP contribution is 2.20. The topological polar surface area (TPSA) is 55.2 Å². The van der Waals surface area contributed by atoms with E-state index < -0.39 is 17.5 Å². The molecule has 1 heterocycles. The highest BCUT2D eigenvalue weighted by Gasteiger charge is 2.40. The van der Waals surface area contributed by atoms with Gasteiger partial charge in [0.1, 0.15) is 6.54 Å². The van der Waals surface area contributed by atoms with Crippen molar-refractivity contribution in [3.63, 3.8) is 0 Å². The standard InChI is InChI=1S/C9H10F3N3O2/c1-14(2)7(16)5-15-4-6(3-13-15)8(17)9(10,11)12/h3-4H,5H2,1-2H3. The molecular formula is C9H10F3N3O2. The number of rotatable bonds is 3. The Morgan fingerprint density at radius 3 is 2.47 bits per heavy atom. The summed E-state index contributed by atoms with van der Waals surface area (Å²) in [6.07, 6.45) is -3.24. The summed E-state index contributed by atoms with van der Waals surface area (Å²) < 4.78 is 37.2. The molecule has 0 saturated carbocycles. The van der Waals surface area contributed by atoms with Crippen molar-refractivity contribution in [2.75, 3.05) is 14.1 Å². The number of nitrogens with zero attached hydrogens (tertiary/aromatic N) is 3. The molecule has 0 aliphatic heterocycles. The van der Waals surface area contributed by atoms with Gasteiger partial charge in [0, 0.05) is 20.3 Å². The quantitative estimate of drug-likeness (QED) is 0.741. The van der Waals surface area contributed by atoms with Gasteiger partial charge in [-0.25, -0.2) is 0 Å². The van der Waals surface area contributed by atoms with Crippen LogP contribution in [-0.4, -0.2) is 46.6 Å². The summed E-state index contributed by atoms with van der Waals surface area (Å²) in [6.45, 7) is -0.210. The Morgan fingerprint density at radius 2 is 2.00 bits per heavy atom. The minimum Gasteiger partial charge on any atom is -0.347 e. The molecular weight excluding hydrogens is 239 g/mol. The molecule has 0 radical (unpaired) electrons. The van der Waals surface area contributed by atoms with E-state index in [0.717, 1.165) is 17.1 Å². The van der Waals surface area contributed by atoms with Crippen molar-refractivity contribution in [2.45, 2.75) is 12.7 Å². The van der Waals surface area contributed by atoms with E-state index in [1.54, 1.807) is 0 Å². The van der Waals surface area contributed by atoms with Gasteiger partial charge in [-0.1, -0.05) is 0 Å². The Bertz CT molecular complexity index is 437. The van der Waals surface area contributed by atoms with Crippen LogP contribution in [0.5, 0.6) is 0 Å². The van der Waals surface area contributed by atoms with Gasteiger partial charge in [-0.05, 0) is 0 Å². The van der Waals surface area contributed by atoms with E-state index in [9.17, 15) is 22.8 Å². The van der Waals surface area contributed by atoms with E-state index in [2.05, 4.69) is 5.10 Å². The maximum Gasteiger partial charge on any atom is 0.454 e. The predicted octanol–water partition coefficient (Wildman–Crippen LogP) is 0.716. The molecule has 0 aliphatic carbocycles. The lowest BCUT2D eigenvalue weighted by Gasteiger charge is -2.09. The molecule has 0 fully saturated rings. The van der Waals surface area contributed by atoms with Gasteiger partial charge in [-0.3, -0.25) is 14.3 Å². The number of likely N-dealkylation sites (N-methyl/N-ethyl adjacent to an activating group) is 1. The minimum atomic E-state index is -4.93. The normalized spacial score (nSPS) is 11.4. The molecule has 5 nitrogen and oxygen atoms in total. The SMILES string of the molecule is CN(C)C(=O)Cn1cc(C(=O)C(F)(F)F)cn1. The highest BCUT2D eigenvalue weighted by atomic mass is 19.4. The number of ketones is 1. The Labute approximate surface area is 94.8 Å². The summed E-state index contributed by atoms with van der Waals surface area (Å²) in [6, 6.07) is 0. The van der Waals surface area contributed by atoms with Crippen molar-refractivity contribution >= 4 is 11.7 Å². The van der Waals surface area contributed by atoms with Crippen LogP contribution in [0.25, 0.3) is 0 Å². The lowest BCUT2D eigenvalue weighted by atomic mass is 10.2. The molecule has 0 N–H and O–H groups in total. The second-order valence-electron chi connectivity index (χ2n) is 3.54. The van der Waals surface area contributed by atoms with Crippen LogP contribution in [-0.2, 0) is 11.3 Å². The number of carbonyl (C=O) groups is 2. The van der Waals surface area contributed by atoms with E-state index >= 15 is 0 Å². The molecule has 1 amide bonds. The molecule has 0 aliphatic rings. The number of alkyl halides is 3. The predicted molar refractivity (Wildman–Crippen MR) is 51.3 cm³/mol. The number of halogens is 3. The Balaban J connectivity index is 2.79. The van der Waals surface area contributed by atoms with Gasteiger partial charge in [-0.2, -0.15) is 18.3 Å². The van der Waals surface area contributed by atoms with E-state index in [4.69, 9.17) is 0 Å². The van der Waals surface area contributed by atoms with Gasteiger partial charge in [0.25, 0.3) is 5.78 Å². The fourth-order valence-electron chi connectivity index (χ4n) is 1.01. The second-order valence-corrected chi connectivity index (χ2v) is 3.54. The van der Waals surface area contributed by atoms with Crippen molar-refractivity contribution in [1.29, 1.82) is 0 Å². The molecule has 0 aromatic carbocycles. The second kappa shape index (κ2) is 4.56. The molecule has 0 bridgehead atoms. The molecule has 0 atom stereocenters. The average Bonchev–Trinajstić information content (AvgIpc) is 2.63. The van der Waals surface area contributed by atoms with Crippen LogP contribution in [0.3, 0.4) is 0 Å². The Morgan fingerprint density at radius 1 is 1.41 bits per heavy atom. The first-order valence-corrected chi connectivity index (χ1v) is 4.56. The van der Waals surface area contributed by atoms with Gasteiger partial charge in [0.15, 0.2) is 0 Å². The third kappa shape index (κ3) is 3.30. The number of hydrogen-bond donors (Lipinski definition) is 0. The van der Waals surface area contributed by atoms with E-state index in [0.29, 0.717) is 0 Å². The Kier molecular flexibility index (Phi) is 3.54.